The van der Waals surface area contributed by atoms with Crippen LogP contribution in [-0.2, 0) is 11.3 Å². The van der Waals surface area contributed by atoms with E-state index in [4.69, 9.17) is 27.6 Å². The third-order valence-corrected chi connectivity index (χ3v) is 6.49. The molecule has 0 atom stereocenters. The molecule has 1 aliphatic carbocycles. The molecule has 9 heteroatoms. The fourth-order valence-corrected chi connectivity index (χ4v) is 4.33. The maximum atomic E-state index is 13.4. The summed E-state index contributed by atoms with van der Waals surface area (Å²) < 4.78 is 5.85. The largest absolute Gasteiger partial charge is 0.419 e. The van der Waals surface area contributed by atoms with Gasteiger partial charge in [0.15, 0.2) is 0 Å². The number of halogens is 2. The van der Waals surface area contributed by atoms with Crippen LogP contribution in [-0.4, -0.2) is 45.1 Å². The van der Waals surface area contributed by atoms with Crippen LogP contribution in [0.3, 0.4) is 0 Å². The van der Waals surface area contributed by atoms with Gasteiger partial charge in [0.2, 0.25) is 17.7 Å². The van der Waals surface area contributed by atoms with Gasteiger partial charge in [0.1, 0.15) is 5.82 Å². The quantitative estimate of drug-likeness (QED) is 0.511. The maximum Gasteiger partial charge on any atom is 0.247 e. The van der Waals surface area contributed by atoms with Gasteiger partial charge in [-0.05, 0) is 62.1 Å². The number of carbonyl (C=O) groups excluding carboxylic acids is 1. The molecular weight excluding hydrogens is 449 g/mol. The van der Waals surface area contributed by atoms with Gasteiger partial charge >= 0.3 is 0 Å². The molecule has 0 unspecified atom stereocenters. The number of rotatable bonds is 6. The van der Waals surface area contributed by atoms with Gasteiger partial charge in [-0.3, -0.25) is 4.79 Å². The molecule has 166 valence electrons. The molecular formula is C23H23Cl2N5O2. The average molecular weight is 472 g/mol. The molecule has 1 saturated heterocycles. The molecule has 0 radical (unpaired) electrons. The minimum absolute atomic E-state index is 0.00203. The summed E-state index contributed by atoms with van der Waals surface area (Å²) in [5, 5.41) is 9.60. The molecule has 2 aliphatic rings. The Morgan fingerprint density at radius 3 is 2.38 bits per heavy atom. The molecule has 2 aromatic heterocycles. The van der Waals surface area contributed by atoms with E-state index in [0.717, 1.165) is 50.2 Å². The Morgan fingerprint density at radius 1 is 1.00 bits per heavy atom. The fraction of sp³-hybridized carbons (Fsp3) is 0.391. The number of hydrogen-bond acceptors (Lipinski definition) is 6. The van der Waals surface area contributed by atoms with Crippen molar-refractivity contribution >= 4 is 34.9 Å². The summed E-state index contributed by atoms with van der Waals surface area (Å²) in [6.45, 7) is 1.94. The Balaban J connectivity index is 1.22. The molecule has 1 aromatic carbocycles. The summed E-state index contributed by atoms with van der Waals surface area (Å²) in [5.41, 5.74) is 0.806. The number of pyridine rings is 1. The number of nitrogens with zero attached hydrogens (tertiary/aromatic N) is 5. The second-order valence-corrected chi connectivity index (χ2v) is 9.17. The third-order valence-electron chi connectivity index (χ3n) is 6.01. The minimum Gasteiger partial charge on any atom is -0.419 e. The van der Waals surface area contributed by atoms with Crippen LogP contribution in [0.15, 0.2) is 47.0 Å². The van der Waals surface area contributed by atoms with Gasteiger partial charge < -0.3 is 14.2 Å². The molecule has 3 heterocycles. The standard InChI is InChI=1S/C23H23Cl2N5O2/c24-17-3-1-15(2-4-17)22-28-27-21(32-22)14-30(19-6-7-19)23(31)16-9-11-29(12-10-16)20-8-5-18(25)13-26-20/h1-5,8,13,16,19H,6-7,9-12,14H2. The van der Waals surface area contributed by atoms with Crippen LogP contribution in [0.1, 0.15) is 31.6 Å². The minimum atomic E-state index is -0.00203. The van der Waals surface area contributed by atoms with Crippen LogP contribution in [0.4, 0.5) is 5.82 Å². The first-order chi connectivity index (χ1) is 15.6. The van der Waals surface area contributed by atoms with E-state index in [-0.39, 0.29) is 17.9 Å². The highest BCUT2D eigenvalue weighted by Crippen LogP contribution is 2.33. The van der Waals surface area contributed by atoms with Crippen molar-refractivity contribution in [3.63, 3.8) is 0 Å². The Morgan fingerprint density at radius 2 is 1.72 bits per heavy atom. The molecule has 32 heavy (non-hydrogen) atoms. The summed E-state index contributed by atoms with van der Waals surface area (Å²) >= 11 is 11.9. The van der Waals surface area contributed by atoms with Gasteiger partial charge in [-0.2, -0.15) is 0 Å². The van der Waals surface area contributed by atoms with Crippen LogP contribution in [0.5, 0.6) is 0 Å². The number of piperidine rings is 1. The summed E-state index contributed by atoms with van der Waals surface area (Å²) in [7, 11) is 0. The van der Waals surface area contributed by atoms with E-state index in [1.807, 2.05) is 29.2 Å². The van der Waals surface area contributed by atoms with Crippen LogP contribution in [0, 0.1) is 5.92 Å². The van der Waals surface area contributed by atoms with Crippen molar-refractivity contribution < 1.29 is 9.21 Å². The highest BCUT2D eigenvalue weighted by molar-refractivity contribution is 6.30. The van der Waals surface area contributed by atoms with E-state index in [1.165, 1.54) is 0 Å². The number of amides is 1. The maximum absolute atomic E-state index is 13.4. The zero-order chi connectivity index (χ0) is 22.1. The molecule has 0 N–H and O–H groups in total. The summed E-state index contributed by atoms with van der Waals surface area (Å²) in [6.07, 6.45) is 5.30. The lowest BCUT2D eigenvalue weighted by atomic mass is 9.95. The monoisotopic (exact) mass is 471 g/mol. The Hall–Kier alpha value is -2.64. The van der Waals surface area contributed by atoms with Crippen molar-refractivity contribution in [2.24, 2.45) is 5.92 Å². The first kappa shape index (κ1) is 21.2. The van der Waals surface area contributed by atoms with Crippen LogP contribution >= 0.6 is 23.2 Å². The topological polar surface area (TPSA) is 75.4 Å². The van der Waals surface area contributed by atoms with Crippen molar-refractivity contribution in [3.05, 3.63) is 58.5 Å². The number of anilines is 1. The van der Waals surface area contributed by atoms with Gasteiger partial charge in [0.25, 0.3) is 0 Å². The summed E-state index contributed by atoms with van der Waals surface area (Å²) in [6, 6.07) is 11.3. The van der Waals surface area contributed by atoms with E-state index >= 15 is 0 Å². The van der Waals surface area contributed by atoms with Crippen molar-refractivity contribution in [3.8, 4) is 11.5 Å². The van der Waals surface area contributed by atoms with Crippen molar-refractivity contribution in [1.29, 1.82) is 0 Å². The van der Waals surface area contributed by atoms with Gasteiger partial charge in [-0.15, -0.1) is 10.2 Å². The molecule has 3 aromatic rings. The molecule has 0 spiro atoms. The Kier molecular flexibility index (Phi) is 6.02. The predicted molar refractivity (Wildman–Crippen MR) is 123 cm³/mol. The highest BCUT2D eigenvalue weighted by Gasteiger charge is 2.38. The van der Waals surface area contributed by atoms with E-state index < -0.39 is 0 Å². The van der Waals surface area contributed by atoms with E-state index in [0.29, 0.717) is 28.4 Å². The predicted octanol–water partition coefficient (Wildman–Crippen LogP) is 4.85. The lowest BCUT2D eigenvalue weighted by Crippen LogP contribution is -2.43. The second kappa shape index (κ2) is 9.08. The number of benzene rings is 1. The normalized spacial score (nSPS) is 16.9. The highest BCUT2D eigenvalue weighted by atomic mass is 35.5. The van der Waals surface area contributed by atoms with Crippen molar-refractivity contribution in [1.82, 2.24) is 20.1 Å². The SMILES string of the molecule is O=C(C1CCN(c2ccc(Cl)cn2)CC1)N(Cc1nnc(-c2ccc(Cl)cc2)o1)C1CC1. The van der Waals surface area contributed by atoms with Gasteiger partial charge in [-0.25, -0.2) is 4.98 Å². The molecule has 7 nitrogen and oxygen atoms in total. The lowest BCUT2D eigenvalue weighted by molar-refractivity contribution is -0.137. The molecule has 1 aliphatic heterocycles. The Labute approximate surface area is 196 Å². The van der Waals surface area contributed by atoms with Crippen molar-refractivity contribution in [2.75, 3.05) is 18.0 Å². The number of carbonyl (C=O) groups is 1. The van der Waals surface area contributed by atoms with Gasteiger partial charge in [0, 0.05) is 41.8 Å². The van der Waals surface area contributed by atoms with Crippen molar-refractivity contribution in [2.45, 2.75) is 38.3 Å². The molecule has 1 saturated carbocycles. The Bertz CT molecular complexity index is 1070. The van der Waals surface area contributed by atoms with E-state index in [1.54, 1.807) is 18.3 Å². The zero-order valence-corrected chi connectivity index (χ0v) is 19.0. The zero-order valence-electron chi connectivity index (χ0n) is 17.5. The van der Waals surface area contributed by atoms with Gasteiger partial charge in [0.05, 0.1) is 11.6 Å². The van der Waals surface area contributed by atoms with E-state index in [9.17, 15) is 4.79 Å². The van der Waals surface area contributed by atoms with Crippen LogP contribution < -0.4 is 4.90 Å². The molecule has 5 rings (SSSR count). The smallest absolute Gasteiger partial charge is 0.247 e. The summed E-state index contributed by atoms with van der Waals surface area (Å²) in [5.74, 6) is 1.97. The average Bonchev–Trinajstić information content (AvgIpc) is 3.56. The van der Waals surface area contributed by atoms with E-state index in [2.05, 4.69) is 20.1 Å². The fourth-order valence-electron chi connectivity index (χ4n) is 4.09. The summed E-state index contributed by atoms with van der Waals surface area (Å²) in [4.78, 5) is 21.9. The second-order valence-electron chi connectivity index (χ2n) is 8.30. The lowest BCUT2D eigenvalue weighted by Gasteiger charge is -2.34. The van der Waals surface area contributed by atoms with Crippen LogP contribution in [0.2, 0.25) is 10.0 Å². The third kappa shape index (κ3) is 4.74. The molecule has 1 amide bonds. The molecule has 2 fully saturated rings. The van der Waals surface area contributed by atoms with Gasteiger partial charge in [-0.1, -0.05) is 23.2 Å². The first-order valence-electron chi connectivity index (χ1n) is 10.8. The van der Waals surface area contributed by atoms with Crippen LogP contribution in [0.25, 0.3) is 11.5 Å². The number of hydrogen-bond donors (Lipinski definition) is 0. The first-order valence-corrected chi connectivity index (χ1v) is 11.6. The molecule has 0 bridgehead atoms. The number of aromatic nitrogens is 3.